The number of rotatable bonds is 7. The highest BCUT2D eigenvalue weighted by Gasteiger charge is 2.36. The second kappa shape index (κ2) is 7.21. The lowest BCUT2D eigenvalue weighted by Gasteiger charge is -2.37. The van der Waals surface area contributed by atoms with E-state index < -0.39 is 0 Å². The maximum atomic E-state index is 12.3. The number of amides is 1. The van der Waals surface area contributed by atoms with Crippen LogP contribution in [0.2, 0.25) is 0 Å². The molecular formula is C18H28N2O3. The highest BCUT2D eigenvalue weighted by molar-refractivity contribution is 5.98. The highest BCUT2D eigenvalue weighted by atomic mass is 16.5. The first-order chi connectivity index (χ1) is 11.0. The maximum Gasteiger partial charge on any atom is 0.251 e. The Morgan fingerprint density at radius 1 is 1.17 bits per heavy atom. The van der Waals surface area contributed by atoms with Gasteiger partial charge in [0, 0.05) is 17.5 Å². The van der Waals surface area contributed by atoms with Crippen LogP contribution < -0.4 is 14.8 Å². The molecule has 1 aromatic rings. The summed E-state index contributed by atoms with van der Waals surface area (Å²) in [7, 11) is 3.21. The number of ether oxygens (including phenoxy) is 2. The van der Waals surface area contributed by atoms with Crippen molar-refractivity contribution >= 4 is 5.91 Å². The minimum absolute atomic E-state index is 0.0405. The van der Waals surface area contributed by atoms with E-state index in [-0.39, 0.29) is 11.3 Å². The van der Waals surface area contributed by atoms with Crippen molar-refractivity contribution in [2.75, 3.05) is 40.4 Å². The molecule has 5 heteroatoms. The van der Waals surface area contributed by atoms with Gasteiger partial charge < -0.3 is 19.7 Å². The third-order valence-electron chi connectivity index (χ3n) is 4.93. The van der Waals surface area contributed by atoms with Gasteiger partial charge >= 0.3 is 0 Å². The lowest BCUT2D eigenvalue weighted by Crippen LogP contribution is -2.46. The first-order valence-electron chi connectivity index (χ1n) is 8.26. The summed E-state index contributed by atoms with van der Waals surface area (Å²) >= 11 is 0. The minimum Gasteiger partial charge on any atom is -0.493 e. The molecule has 128 valence electrons. The van der Waals surface area contributed by atoms with E-state index in [1.165, 1.54) is 0 Å². The van der Waals surface area contributed by atoms with Gasteiger partial charge in [-0.05, 0) is 43.8 Å². The van der Waals surface area contributed by atoms with Crippen LogP contribution in [-0.4, -0.2) is 51.2 Å². The molecule has 1 unspecified atom stereocenters. The molecule has 1 aromatic carbocycles. The minimum atomic E-state index is -0.106. The molecule has 1 amide bonds. The summed E-state index contributed by atoms with van der Waals surface area (Å²) in [6, 6.07) is 3.76. The second-order valence-electron chi connectivity index (χ2n) is 6.27. The van der Waals surface area contributed by atoms with E-state index in [2.05, 4.69) is 31.0 Å². The van der Waals surface area contributed by atoms with Crippen LogP contribution in [0.3, 0.4) is 0 Å². The summed E-state index contributed by atoms with van der Waals surface area (Å²) in [6.07, 6.45) is 0.984. The Labute approximate surface area is 139 Å². The third-order valence-corrected chi connectivity index (χ3v) is 4.93. The number of carbonyl (C=O) groups excluding carboxylic acids is 1. The molecule has 0 radical (unpaired) electrons. The summed E-state index contributed by atoms with van der Waals surface area (Å²) in [5.74, 6) is 1.23. The molecular weight excluding hydrogens is 292 g/mol. The summed E-state index contributed by atoms with van der Waals surface area (Å²) in [4.78, 5) is 14.7. The van der Waals surface area contributed by atoms with Gasteiger partial charge in [0.15, 0.2) is 11.5 Å². The third kappa shape index (κ3) is 3.44. The number of carbonyl (C=O) groups is 1. The van der Waals surface area contributed by atoms with Gasteiger partial charge in [-0.3, -0.25) is 4.79 Å². The summed E-state index contributed by atoms with van der Waals surface area (Å²) in [6.45, 7) is 10.3. The van der Waals surface area contributed by atoms with Crippen molar-refractivity contribution in [1.82, 2.24) is 10.2 Å². The van der Waals surface area contributed by atoms with E-state index in [9.17, 15) is 4.79 Å². The van der Waals surface area contributed by atoms with Crippen LogP contribution in [0.5, 0.6) is 11.5 Å². The predicted octanol–water partition coefficient (Wildman–Crippen LogP) is 2.44. The fourth-order valence-electron chi connectivity index (χ4n) is 3.20. The molecule has 0 saturated carbocycles. The first kappa shape index (κ1) is 17.6. The summed E-state index contributed by atoms with van der Waals surface area (Å²) < 4.78 is 10.8. The van der Waals surface area contributed by atoms with E-state index in [1.54, 1.807) is 20.3 Å². The van der Waals surface area contributed by atoms with Crippen molar-refractivity contribution in [3.8, 4) is 11.5 Å². The van der Waals surface area contributed by atoms with Crippen molar-refractivity contribution in [2.45, 2.75) is 32.6 Å². The molecule has 1 heterocycles. The van der Waals surface area contributed by atoms with Crippen molar-refractivity contribution in [1.29, 1.82) is 0 Å². The Kier molecular flexibility index (Phi) is 5.52. The fourth-order valence-corrected chi connectivity index (χ4v) is 3.20. The van der Waals surface area contributed by atoms with Crippen LogP contribution in [0, 0.1) is 0 Å². The van der Waals surface area contributed by atoms with Crippen LogP contribution in [0.25, 0.3) is 0 Å². The highest BCUT2D eigenvalue weighted by Crippen LogP contribution is 2.39. The van der Waals surface area contributed by atoms with E-state index in [0.717, 1.165) is 31.6 Å². The number of fused-ring (bicyclic) bond motifs is 1. The summed E-state index contributed by atoms with van der Waals surface area (Å²) in [5.41, 5.74) is 1.63. The lowest BCUT2D eigenvalue weighted by atomic mass is 9.74. The number of nitrogens with one attached hydrogen (secondary N) is 1. The molecule has 0 bridgehead atoms. The Bertz CT molecular complexity index is 570. The first-order valence-corrected chi connectivity index (χ1v) is 8.26. The smallest absolute Gasteiger partial charge is 0.251 e. The van der Waals surface area contributed by atoms with Gasteiger partial charge in [-0.1, -0.05) is 20.8 Å². The topological polar surface area (TPSA) is 50.8 Å². The molecule has 1 atom stereocenters. The van der Waals surface area contributed by atoms with Gasteiger partial charge in [-0.15, -0.1) is 0 Å². The second-order valence-corrected chi connectivity index (χ2v) is 6.27. The van der Waals surface area contributed by atoms with Crippen molar-refractivity contribution < 1.29 is 14.3 Å². The van der Waals surface area contributed by atoms with Gasteiger partial charge in [0.1, 0.15) is 0 Å². The quantitative estimate of drug-likeness (QED) is 0.838. The van der Waals surface area contributed by atoms with Crippen molar-refractivity contribution in [2.24, 2.45) is 0 Å². The standard InChI is InChI=1S/C18H28N2O3/c1-6-20(7-2)9-8-18(3)12-19-17(21)13-10-15(22-4)16(23-5)11-14(13)18/h10-11H,6-9,12H2,1-5H3,(H,19,21). The molecule has 0 aliphatic carbocycles. The van der Waals surface area contributed by atoms with Crippen LogP contribution in [-0.2, 0) is 5.41 Å². The van der Waals surface area contributed by atoms with Gasteiger partial charge in [-0.25, -0.2) is 0 Å². The number of hydrogen-bond acceptors (Lipinski definition) is 4. The molecule has 0 saturated heterocycles. The van der Waals surface area contributed by atoms with Crippen LogP contribution in [0.1, 0.15) is 43.1 Å². The number of methoxy groups -OCH3 is 2. The van der Waals surface area contributed by atoms with E-state index in [0.29, 0.717) is 23.6 Å². The van der Waals surface area contributed by atoms with Gasteiger partial charge in [0.05, 0.1) is 14.2 Å². The molecule has 0 fully saturated rings. The lowest BCUT2D eigenvalue weighted by molar-refractivity contribution is 0.0921. The fraction of sp³-hybridized carbons (Fsp3) is 0.611. The Morgan fingerprint density at radius 3 is 2.35 bits per heavy atom. The number of hydrogen-bond donors (Lipinski definition) is 1. The average Bonchev–Trinajstić information content (AvgIpc) is 2.58. The molecule has 0 aromatic heterocycles. The van der Waals surface area contributed by atoms with Gasteiger partial charge in [-0.2, -0.15) is 0 Å². The molecule has 1 aliphatic heterocycles. The molecule has 1 N–H and O–H groups in total. The monoisotopic (exact) mass is 320 g/mol. The number of benzene rings is 1. The molecule has 1 aliphatic rings. The van der Waals surface area contributed by atoms with Crippen LogP contribution in [0.4, 0.5) is 0 Å². The zero-order valence-electron chi connectivity index (χ0n) is 14.9. The maximum absolute atomic E-state index is 12.3. The van der Waals surface area contributed by atoms with Crippen molar-refractivity contribution in [3.05, 3.63) is 23.3 Å². The summed E-state index contributed by atoms with van der Waals surface area (Å²) in [5, 5.41) is 3.02. The van der Waals surface area contributed by atoms with Gasteiger partial charge in [0.25, 0.3) is 5.91 Å². The zero-order valence-corrected chi connectivity index (χ0v) is 14.9. The predicted molar refractivity (Wildman–Crippen MR) is 91.6 cm³/mol. The van der Waals surface area contributed by atoms with E-state index in [1.807, 2.05) is 6.07 Å². The van der Waals surface area contributed by atoms with Crippen molar-refractivity contribution in [3.63, 3.8) is 0 Å². The van der Waals surface area contributed by atoms with E-state index >= 15 is 0 Å². The Balaban J connectivity index is 2.38. The molecule has 0 spiro atoms. The Morgan fingerprint density at radius 2 is 1.78 bits per heavy atom. The van der Waals surface area contributed by atoms with Gasteiger partial charge in [0.2, 0.25) is 0 Å². The average molecular weight is 320 g/mol. The molecule has 2 rings (SSSR count). The number of nitrogens with zero attached hydrogens (tertiary/aromatic N) is 1. The Hall–Kier alpha value is -1.75. The van der Waals surface area contributed by atoms with E-state index in [4.69, 9.17) is 9.47 Å². The van der Waals surface area contributed by atoms with Crippen LogP contribution >= 0.6 is 0 Å². The SMILES string of the molecule is CCN(CC)CCC1(C)CNC(=O)c2cc(OC)c(OC)cc21. The van der Waals surface area contributed by atoms with Crippen LogP contribution in [0.15, 0.2) is 12.1 Å². The molecule has 23 heavy (non-hydrogen) atoms. The zero-order chi connectivity index (χ0) is 17.0. The molecule has 5 nitrogen and oxygen atoms in total. The largest absolute Gasteiger partial charge is 0.493 e. The normalized spacial score (nSPS) is 20.2.